The van der Waals surface area contributed by atoms with E-state index in [1.54, 1.807) is 0 Å². The molecule has 0 bridgehead atoms. The van der Waals surface area contributed by atoms with Crippen molar-refractivity contribution in [3.8, 4) is 0 Å². The minimum atomic E-state index is -0.150. The van der Waals surface area contributed by atoms with Crippen LogP contribution in [-0.2, 0) is 4.74 Å². The summed E-state index contributed by atoms with van der Waals surface area (Å²) in [5, 5.41) is 0. The van der Waals surface area contributed by atoms with Crippen molar-refractivity contribution in [3.05, 3.63) is 0 Å². The van der Waals surface area contributed by atoms with Crippen molar-refractivity contribution in [2.45, 2.75) is 162 Å². The second kappa shape index (κ2) is 10.9. The first-order valence-electron chi connectivity index (χ1n) is 13.9. The summed E-state index contributed by atoms with van der Waals surface area (Å²) in [4.78, 5) is 0. The van der Waals surface area contributed by atoms with Gasteiger partial charge in [-0.3, -0.25) is 0 Å². The van der Waals surface area contributed by atoms with Crippen LogP contribution in [0.15, 0.2) is 0 Å². The predicted octanol–water partition coefficient (Wildman–Crippen LogP) is 10.8. The Kier molecular flexibility index (Phi) is 10.9. The zero-order valence-corrected chi connectivity index (χ0v) is 26.5. The molecule has 33 heavy (non-hydrogen) atoms. The lowest BCUT2D eigenvalue weighted by molar-refractivity contribution is -0.155. The van der Waals surface area contributed by atoms with Crippen LogP contribution < -0.4 is 0 Å². The number of ether oxygens (including phenoxy) is 1. The van der Waals surface area contributed by atoms with E-state index in [1.165, 1.54) is 12.8 Å². The van der Waals surface area contributed by atoms with Crippen LogP contribution in [0.1, 0.15) is 150 Å². The normalized spacial score (nSPS) is 18.7. The molecule has 0 rings (SSSR count). The van der Waals surface area contributed by atoms with Gasteiger partial charge < -0.3 is 4.74 Å². The van der Waals surface area contributed by atoms with E-state index >= 15 is 0 Å². The second-order valence-electron chi connectivity index (χ2n) is 17.5. The average molecular weight is 467 g/mol. The van der Waals surface area contributed by atoms with Crippen LogP contribution in [0.2, 0.25) is 0 Å². The number of hydrogen-bond donors (Lipinski definition) is 0. The zero-order valence-electron chi connectivity index (χ0n) is 26.5. The van der Waals surface area contributed by atoms with Gasteiger partial charge in [-0.25, -0.2) is 0 Å². The molecule has 4 atom stereocenters. The van der Waals surface area contributed by atoms with E-state index in [2.05, 4.69) is 125 Å². The molecule has 0 aromatic heterocycles. The highest BCUT2D eigenvalue weighted by molar-refractivity contribution is 4.91. The van der Waals surface area contributed by atoms with E-state index in [-0.39, 0.29) is 22.0 Å². The van der Waals surface area contributed by atoms with Crippen LogP contribution in [0.25, 0.3) is 0 Å². The first-order valence-corrected chi connectivity index (χ1v) is 13.9. The van der Waals surface area contributed by atoms with Crippen molar-refractivity contribution in [1.82, 2.24) is 0 Å². The van der Waals surface area contributed by atoms with Crippen LogP contribution in [0.5, 0.6) is 0 Å². The van der Waals surface area contributed by atoms with Crippen LogP contribution in [-0.4, -0.2) is 11.2 Å². The fourth-order valence-corrected chi connectivity index (χ4v) is 6.83. The minimum absolute atomic E-state index is 0.150. The van der Waals surface area contributed by atoms with Crippen LogP contribution in [0.4, 0.5) is 0 Å². The molecule has 0 aliphatic rings. The van der Waals surface area contributed by atoms with Gasteiger partial charge in [-0.15, -0.1) is 0 Å². The van der Waals surface area contributed by atoms with Crippen molar-refractivity contribution in [2.75, 3.05) is 0 Å². The van der Waals surface area contributed by atoms with Crippen molar-refractivity contribution in [1.29, 1.82) is 0 Å². The standard InChI is InChI=1S/C32H66O/c1-23(19-27(3,4)5)25(29(9,10)11)21-31(15,16)33-32(17,18)22-26(30(12,13)14)24(2)20-28(6,7)8/h23-26H,19-22H2,1-18H3. The Hall–Kier alpha value is -0.0400. The first kappa shape index (κ1) is 33.0. The molecule has 0 saturated heterocycles. The lowest BCUT2D eigenvalue weighted by atomic mass is 9.65. The Labute approximate surface area is 211 Å². The first-order chi connectivity index (χ1) is 14.2. The Bertz CT molecular complexity index is 516. The smallest absolute Gasteiger partial charge is 0.0636 e. The third kappa shape index (κ3) is 13.6. The lowest BCUT2D eigenvalue weighted by Gasteiger charge is -2.47. The zero-order chi connectivity index (χ0) is 26.8. The molecule has 0 aliphatic carbocycles. The molecule has 1 nitrogen and oxygen atoms in total. The summed E-state index contributed by atoms with van der Waals surface area (Å²) in [6.45, 7) is 43.0. The molecular weight excluding hydrogens is 400 g/mol. The van der Waals surface area contributed by atoms with Gasteiger partial charge in [0, 0.05) is 0 Å². The van der Waals surface area contributed by atoms with Crippen LogP contribution in [0.3, 0.4) is 0 Å². The maximum atomic E-state index is 7.04. The highest BCUT2D eigenvalue weighted by Gasteiger charge is 2.41. The molecule has 0 aliphatic heterocycles. The Balaban J connectivity index is 5.66. The summed E-state index contributed by atoms with van der Waals surface area (Å²) >= 11 is 0. The van der Waals surface area contributed by atoms with E-state index in [0.29, 0.717) is 34.5 Å². The average Bonchev–Trinajstić information content (AvgIpc) is 2.43. The third-order valence-corrected chi connectivity index (χ3v) is 7.44. The fraction of sp³-hybridized carbons (Fsp3) is 1.00. The molecule has 200 valence electrons. The molecule has 0 fully saturated rings. The Morgan fingerprint density at radius 3 is 0.848 bits per heavy atom. The molecule has 1 heteroatoms. The van der Waals surface area contributed by atoms with Gasteiger partial charge in [0.25, 0.3) is 0 Å². The lowest BCUT2D eigenvalue weighted by Crippen LogP contribution is -2.44. The van der Waals surface area contributed by atoms with E-state index in [9.17, 15) is 0 Å². The molecule has 4 unspecified atom stereocenters. The fourth-order valence-electron chi connectivity index (χ4n) is 6.83. The predicted molar refractivity (Wildman–Crippen MR) is 151 cm³/mol. The molecule has 0 aromatic rings. The minimum Gasteiger partial charge on any atom is -0.370 e. The summed E-state index contributed by atoms with van der Waals surface area (Å²) in [5.41, 5.74) is 0.953. The van der Waals surface area contributed by atoms with Crippen LogP contribution >= 0.6 is 0 Å². The Morgan fingerprint density at radius 2 is 0.667 bits per heavy atom. The van der Waals surface area contributed by atoms with Crippen LogP contribution in [0, 0.1) is 45.3 Å². The second-order valence-corrected chi connectivity index (χ2v) is 17.5. The topological polar surface area (TPSA) is 9.23 Å². The summed E-state index contributed by atoms with van der Waals surface area (Å²) in [6, 6.07) is 0. The quantitative estimate of drug-likeness (QED) is 0.311. The Morgan fingerprint density at radius 1 is 0.424 bits per heavy atom. The van der Waals surface area contributed by atoms with Gasteiger partial charge in [-0.1, -0.05) is 96.9 Å². The maximum absolute atomic E-state index is 7.04. The largest absolute Gasteiger partial charge is 0.370 e. The molecule has 0 spiro atoms. The van der Waals surface area contributed by atoms with Crippen molar-refractivity contribution in [3.63, 3.8) is 0 Å². The molecule has 0 N–H and O–H groups in total. The van der Waals surface area contributed by atoms with E-state index in [1.807, 2.05) is 0 Å². The maximum Gasteiger partial charge on any atom is 0.0636 e. The van der Waals surface area contributed by atoms with Gasteiger partial charge in [0.05, 0.1) is 11.2 Å². The van der Waals surface area contributed by atoms with Gasteiger partial charge in [-0.05, 0) is 98.7 Å². The summed E-state index contributed by atoms with van der Waals surface area (Å²) in [7, 11) is 0. The molecular formula is C32H66O. The SMILES string of the molecule is CC(CC(C)(C)C)C(CC(C)(C)OC(C)(C)CC(C(C)CC(C)(C)C)C(C)(C)C)C(C)(C)C. The van der Waals surface area contributed by atoms with E-state index in [0.717, 1.165) is 12.8 Å². The van der Waals surface area contributed by atoms with E-state index in [4.69, 9.17) is 4.74 Å². The van der Waals surface area contributed by atoms with Gasteiger partial charge in [0.2, 0.25) is 0 Å². The summed E-state index contributed by atoms with van der Waals surface area (Å²) in [5.74, 6) is 2.59. The van der Waals surface area contributed by atoms with Crippen molar-refractivity contribution < 1.29 is 4.74 Å². The molecule has 0 saturated carbocycles. The van der Waals surface area contributed by atoms with Gasteiger partial charge in [0.1, 0.15) is 0 Å². The number of hydrogen-bond acceptors (Lipinski definition) is 1. The third-order valence-electron chi connectivity index (χ3n) is 7.44. The van der Waals surface area contributed by atoms with Gasteiger partial charge in [0.15, 0.2) is 0 Å². The highest BCUT2D eigenvalue weighted by atomic mass is 16.5. The van der Waals surface area contributed by atoms with Gasteiger partial charge in [-0.2, -0.15) is 0 Å². The number of rotatable bonds is 10. The molecule has 0 heterocycles. The molecule has 0 amide bonds. The van der Waals surface area contributed by atoms with Gasteiger partial charge >= 0.3 is 0 Å². The summed E-state index contributed by atoms with van der Waals surface area (Å²) < 4.78 is 7.04. The van der Waals surface area contributed by atoms with Crippen molar-refractivity contribution >= 4 is 0 Å². The van der Waals surface area contributed by atoms with Crippen molar-refractivity contribution in [2.24, 2.45) is 45.3 Å². The molecule has 0 aromatic carbocycles. The molecule has 0 radical (unpaired) electrons. The highest BCUT2D eigenvalue weighted by Crippen LogP contribution is 2.46. The van der Waals surface area contributed by atoms with E-state index < -0.39 is 0 Å². The monoisotopic (exact) mass is 467 g/mol. The summed E-state index contributed by atoms with van der Waals surface area (Å²) in [6.07, 6.45) is 4.72.